The van der Waals surface area contributed by atoms with Crippen molar-refractivity contribution in [3.8, 4) is 0 Å². The number of Topliss-reactive ketones (excluding diaryl/α,β-unsaturated/α-hetero) is 1. The van der Waals surface area contributed by atoms with Gasteiger partial charge < -0.3 is 14.7 Å². The van der Waals surface area contributed by atoms with Gasteiger partial charge in [0, 0.05) is 42.1 Å². The highest BCUT2D eigenvalue weighted by atomic mass is 16.5. The maximum Gasteiger partial charge on any atom is 0.320 e. The van der Waals surface area contributed by atoms with Crippen molar-refractivity contribution in [1.29, 1.82) is 0 Å². The van der Waals surface area contributed by atoms with Crippen LogP contribution in [0.1, 0.15) is 79.7 Å². The summed E-state index contributed by atoms with van der Waals surface area (Å²) in [7, 11) is 0. The molecule has 0 heterocycles. The number of benzene rings is 1. The maximum absolute atomic E-state index is 13.5. The molecule has 1 N–H and O–H groups in total. The lowest BCUT2D eigenvalue weighted by molar-refractivity contribution is -0.186. The van der Waals surface area contributed by atoms with E-state index < -0.39 is 23.0 Å². The van der Waals surface area contributed by atoms with Crippen LogP contribution in [-0.2, 0) is 20.9 Å². The predicted molar refractivity (Wildman–Crippen MR) is 159 cm³/mol. The van der Waals surface area contributed by atoms with E-state index >= 15 is 0 Å². The largest absolute Gasteiger partial charge is 0.461 e. The summed E-state index contributed by atoms with van der Waals surface area (Å²) < 4.78 is 6.36. The zero-order chi connectivity index (χ0) is 29.0. The molecule has 218 valence electrons. The highest BCUT2D eigenvalue weighted by molar-refractivity contribution is 5.80. The Morgan fingerprint density at radius 1 is 1.10 bits per heavy atom. The second-order valence-electron chi connectivity index (χ2n) is 12.5. The van der Waals surface area contributed by atoms with E-state index in [2.05, 4.69) is 75.3 Å². The van der Waals surface area contributed by atoms with E-state index in [4.69, 9.17) is 4.74 Å². The molecule has 0 radical (unpaired) electrons. The van der Waals surface area contributed by atoms with Gasteiger partial charge in [-0.2, -0.15) is 0 Å². The van der Waals surface area contributed by atoms with E-state index in [0.29, 0.717) is 25.9 Å². The normalized spacial score (nSPS) is 32.7. The molecule has 0 spiro atoms. The van der Waals surface area contributed by atoms with Crippen LogP contribution in [-0.4, -0.2) is 60.1 Å². The first-order chi connectivity index (χ1) is 18.4. The van der Waals surface area contributed by atoms with Crippen molar-refractivity contribution in [2.75, 3.05) is 31.1 Å². The summed E-state index contributed by atoms with van der Waals surface area (Å²) in [4.78, 5) is 31.0. The predicted octanol–water partition coefficient (Wildman–Crippen LogP) is 5.87. The van der Waals surface area contributed by atoms with Crippen molar-refractivity contribution in [3.63, 3.8) is 0 Å². The number of fused-ring (bicyclic) bond motifs is 2. The standard InChI is InChI=1S/C33H52N2O4/c1-9-32(7)20-29(33(8)23(5)13-16-26(19-28(32)37)31(33)24(6)36)39-30(38)22-34(10-2)21-25-14-17-27(18-15-25)35(11-3)12-4/h9,14-15,17-18,23,26,28-29,31,37H,1,10-13,16,19-22H2,2-8H3/t23?,26?,28-,29+,31?,32+,33-/m0/s1. The molecule has 1 aromatic rings. The fourth-order valence-corrected chi connectivity index (χ4v) is 7.31. The average molecular weight is 541 g/mol. The maximum atomic E-state index is 13.5. The van der Waals surface area contributed by atoms with Crippen molar-refractivity contribution in [2.45, 2.75) is 92.9 Å². The van der Waals surface area contributed by atoms with Crippen molar-refractivity contribution in [3.05, 3.63) is 42.5 Å². The lowest BCUT2D eigenvalue weighted by Gasteiger charge is -2.56. The molecule has 2 fully saturated rings. The number of carbonyl (C=O) groups is 2. The molecule has 3 unspecified atom stereocenters. The minimum atomic E-state index is -0.632. The van der Waals surface area contributed by atoms with Crippen molar-refractivity contribution in [2.24, 2.45) is 28.6 Å². The molecule has 7 atom stereocenters. The molecule has 2 saturated carbocycles. The molecule has 0 saturated heterocycles. The Hall–Kier alpha value is -2.18. The van der Waals surface area contributed by atoms with E-state index in [0.717, 1.165) is 31.5 Å². The molecular weight excluding hydrogens is 488 g/mol. The van der Waals surface area contributed by atoms with Crippen LogP contribution >= 0.6 is 0 Å². The first kappa shape index (κ1) is 31.3. The number of carbonyl (C=O) groups excluding carboxylic acids is 2. The first-order valence-corrected chi connectivity index (χ1v) is 15.0. The Labute approximate surface area is 236 Å². The quantitative estimate of drug-likeness (QED) is 0.280. The molecule has 0 amide bonds. The monoisotopic (exact) mass is 540 g/mol. The Morgan fingerprint density at radius 3 is 2.28 bits per heavy atom. The van der Waals surface area contributed by atoms with Crippen LogP contribution < -0.4 is 4.90 Å². The number of likely N-dealkylation sites (N-methyl/N-ethyl adjacent to an activating group) is 1. The van der Waals surface area contributed by atoms with Crippen LogP contribution in [0.4, 0.5) is 5.69 Å². The van der Waals surface area contributed by atoms with Gasteiger partial charge in [0.15, 0.2) is 0 Å². The van der Waals surface area contributed by atoms with E-state index in [1.165, 1.54) is 5.69 Å². The number of ether oxygens (including phenoxy) is 1. The van der Waals surface area contributed by atoms with Crippen LogP contribution in [0.5, 0.6) is 0 Å². The summed E-state index contributed by atoms with van der Waals surface area (Å²) in [6, 6.07) is 8.56. The van der Waals surface area contributed by atoms with Gasteiger partial charge in [0.05, 0.1) is 12.6 Å². The fourth-order valence-electron chi connectivity index (χ4n) is 7.31. The number of hydrogen-bond donors (Lipinski definition) is 1. The van der Waals surface area contributed by atoms with Crippen molar-refractivity contribution < 1.29 is 19.4 Å². The highest BCUT2D eigenvalue weighted by Gasteiger charge is 2.58. The van der Waals surface area contributed by atoms with Gasteiger partial charge in [0.25, 0.3) is 0 Å². The van der Waals surface area contributed by atoms with E-state index in [9.17, 15) is 14.7 Å². The van der Waals surface area contributed by atoms with Crippen LogP contribution in [0.2, 0.25) is 0 Å². The van der Waals surface area contributed by atoms with Gasteiger partial charge in [0.1, 0.15) is 11.9 Å². The number of hydrogen-bond acceptors (Lipinski definition) is 6. The summed E-state index contributed by atoms with van der Waals surface area (Å²) >= 11 is 0. The molecule has 6 nitrogen and oxygen atoms in total. The summed E-state index contributed by atoms with van der Waals surface area (Å²) in [5.74, 6) is -0.0919. The third-order valence-corrected chi connectivity index (χ3v) is 10.2. The number of aliphatic hydroxyl groups excluding tert-OH is 1. The van der Waals surface area contributed by atoms with E-state index in [1.54, 1.807) is 6.92 Å². The van der Waals surface area contributed by atoms with Gasteiger partial charge in [-0.15, -0.1) is 6.58 Å². The number of nitrogens with zero attached hydrogens (tertiary/aromatic N) is 2. The van der Waals surface area contributed by atoms with Crippen molar-refractivity contribution >= 4 is 17.4 Å². The molecule has 1 aromatic carbocycles. The molecule has 3 rings (SSSR count). The molecule has 39 heavy (non-hydrogen) atoms. The van der Waals surface area contributed by atoms with Crippen LogP contribution in [0.15, 0.2) is 36.9 Å². The van der Waals surface area contributed by atoms with Crippen LogP contribution in [0.3, 0.4) is 0 Å². The van der Waals surface area contributed by atoms with Crippen LogP contribution in [0.25, 0.3) is 0 Å². The van der Waals surface area contributed by atoms with Gasteiger partial charge >= 0.3 is 5.97 Å². The van der Waals surface area contributed by atoms with Gasteiger partial charge in [-0.1, -0.05) is 45.9 Å². The summed E-state index contributed by atoms with van der Waals surface area (Å²) in [6.07, 6.45) is 3.60. The summed E-state index contributed by atoms with van der Waals surface area (Å²) in [5, 5.41) is 11.2. The smallest absolute Gasteiger partial charge is 0.320 e. The molecule has 2 aliphatic carbocycles. The topological polar surface area (TPSA) is 70.1 Å². The first-order valence-electron chi connectivity index (χ1n) is 15.0. The zero-order valence-electron chi connectivity index (χ0n) is 25.4. The molecular formula is C33H52N2O4. The minimum Gasteiger partial charge on any atom is -0.461 e. The fraction of sp³-hybridized carbons (Fsp3) is 0.697. The number of anilines is 1. The minimum absolute atomic E-state index is 0.0749. The molecule has 6 heteroatoms. The number of esters is 1. The number of rotatable bonds is 11. The average Bonchev–Trinajstić information content (AvgIpc) is 2.90. The van der Waals surface area contributed by atoms with Gasteiger partial charge in [0.2, 0.25) is 0 Å². The Morgan fingerprint density at radius 2 is 1.74 bits per heavy atom. The van der Waals surface area contributed by atoms with Gasteiger partial charge in [-0.3, -0.25) is 14.5 Å². The lowest BCUT2D eigenvalue weighted by Crippen LogP contribution is -2.58. The highest BCUT2D eigenvalue weighted by Crippen LogP contribution is 2.57. The summed E-state index contributed by atoms with van der Waals surface area (Å²) in [5.41, 5.74) is 1.27. The zero-order valence-corrected chi connectivity index (χ0v) is 25.4. The summed E-state index contributed by atoms with van der Waals surface area (Å²) in [6.45, 7) is 21.9. The van der Waals surface area contributed by atoms with Gasteiger partial charge in [-0.25, -0.2) is 0 Å². The molecule has 2 aliphatic rings. The van der Waals surface area contributed by atoms with Crippen molar-refractivity contribution in [1.82, 2.24) is 4.90 Å². The number of ketones is 1. The lowest BCUT2D eigenvalue weighted by atomic mass is 9.50. The third kappa shape index (κ3) is 6.59. The molecule has 0 aliphatic heterocycles. The molecule has 2 bridgehead atoms. The Kier molecular flexibility index (Phi) is 10.4. The third-order valence-electron chi connectivity index (χ3n) is 10.2. The second-order valence-corrected chi connectivity index (χ2v) is 12.5. The van der Waals surface area contributed by atoms with E-state index in [1.807, 2.05) is 13.0 Å². The Balaban J connectivity index is 1.81. The van der Waals surface area contributed by atoms with Crippen LogP contribution in [0, 0.1) is 28.6 Å². The van der Waals surface area contributed by atoms with Gasteiger partial charge in [-0.05, 0) is 82.5 Å². The molecule has 0 aromatic heterocycles. The number of aliphatic hydroxyl groups is 1. The van der Waals surface area contributed by atoms with E-state index in [-0.39, 0.29) is 36.1 Å². The SMILES string of the molecule is C=C[C@]1(C)C[C@@H](OC(=O)CN(CC)Cc2ccc(N(CC)CC)cc2)[C@]2(C)C(C)CCC(C[C@@H]1O)C2C(C)=O. The Bertz CT molecular complexity index is 990. The second kappa shape index (κ2) is 13.0.